The third kappa shape index (κ3) is 2.79. The number of nitriles is 1. The van der Waals surface area contributed by atoms with Crippen LogP contribution in [0.5, 0.6) is 0 Å². The van der Waals surface area contributed by atoms with Gasteiger partial charge in [0, 0.05) is 12.7 Å². The Hall–Kier alpha value is -2.38. The van der Waals surface area contributed by atoms with E-state index in [9.17, 15) is 9.50 Å². The molecule has 0 heterocycles. The first-order chi connectivity index (χ1) is 9.52. The van der Waals surface area contributed by atoms with Gasteiger partial charge in [0.25, 0.3) is 0 Å². The van der Waals surface area contributed by atoms with E-state index in [0.29, 0.717) is 16.8 Å². The van der Waals surface area contributed by atoms with Gasteiger partial charge in [-0.15, -0.1) is 0 Å². The SMILES string of the molecule is C[C@@H](O)c1ccc(N(C)c2cccc(C#N)c2)c(F)c1. The highest BCUT2D eigenvalue weighted by Gasteiger charge is 2.12. The number of hydrogen-bond donors (Lipinski definition) is 1. The van der Waals surface area contributed by atoms with E-state index in [-0.39, 0.29) is 0 Å². The summed E-state index contributed by atoms with van der Waals surface area (Å²) in [5.74, 6) is -0.409. The maximum Gasteiger partial charge on any atom is 0.147 e. The highest BCUT2D eigenvalue weighted by atomic mass is 19.1. The molecule has 4 heteroatoms. The Morgan fingerprint density at radius 3 is 2.60 bits per heavy atom. The van der Waals surface area contributed by atoms with E-state index < -0.39 is 11.9 Å². The average Bonchev–Trinajstić information content (AvgIpc) is 2.46. The molecule has 0 amide bonds. The van der Waals surface area contributed by atoms with Crippen LogP contribution in [0.15, 0.2) is 42.5 Å². The molecule has 1 N–H and O–H groups in total. The molecular weight excluding hydrogens is 255 g/mol. The molecular formula is C16H15FN2O. The molecule has 0 spiro atoms. The number of anilines is 2. The van der Waals surface area contributed by atoms with E-state index in [1.165, 1.54) is 6.07 Å². The molecule has 2 aromatic rings. The third-order valence-electron chi connectivity index (χ3n) is 3.18. The van der Waals surface area contributed by atoms with E-state index >= 15 is 0 Å². The van der Waals surface area contributed by atoms with Gasteiger partial charge in [-0.1, -0.05) is 12.1 Å². The van der Waals surface area contributed by atoms with Crippen LogP contribution in [0.4, 0.5) is 15.8 Å². The smallest absolute Gasteiger partial charge is 0.147 e. The maximum absolute atomic E-state index is 14.1. The number of benzene rings is 2. The van der Waals surface area contributed by atoms with Crippen LogP contribution in [0.3, 0.4) is 0 Å². The van der Waals surface area contributed by atoms with Gasteiger partial charge in [0.15, 0.2) is 0 Å². The fraction of sp³-hybridized carbons (Fsp3) is 0.188. The molecule has 102 valence electrons. The van der Waals surface area contributed by atoms with Crippen LogP contribution in [-0.2, 0) is 0 Å². The minimum atomic E-state index is -0.703. The van der Waals surface area contributed by atoms with Crippen molar-refractivity contribution in [2.24, 2.45) is 0 Å². The van der Waals surface area contributed by atoms with Crippen molar-refractivity contribution in [2.45, 2.75) is 13.0 Å². The van der Waals surface area contributed by atoms with E-state index in [2.05, 4.69) is 6.07 Å². The Morgan fingerprint density at radius 2 is 2.00 bits per heavy atom. The van der Waals surface area contributed by atoms with Gasteiger partial charge >= 0.3 is 0 Å². The summed E-state index contributed by atoms with van der Waals surface area (Å²) in [6, 6.07) is 13.7. The molecule has 0 fully saturated rings. The summed E-state index contributed by atoms with van der Waals surface area (Å²) in [4.78, 5) is 1.67. The quantitative estimate of drug-likeness (QED) is 0.928. The third-order valence-corrected chi connectivity index (χ3v) is 3.18. The Balaban J connectivity index is 2.38. The van der Waals surface area contributed by atoms with Crippen molar-refractivity contribution in [1.29, 1.82) is 5.26 Å². The zero-order valence-electron chi connectivity index (χ0n) is 11.3. The summed E-state index contributed by atoms with van der Waals surface area (Å²) in [5.41, 5.74) is 2.18. The molecule has 0 radical (unpaired) electrons. The van der Waals surface area contributed by atoms with E-state index in [1.807, 2.05) is 6.07 Å². The summed E-state index contributed by atoms with van der Waals surface area (Å²) in [6.07, 6.45) is -0.703. The van der Waals surface area contributed by atoms with Gasteiger partial charge in [-0.3, -0.25) is 0 Å². The lowest BCUT2D eigenvalue weighted by Crippen LogP contribution is -2.11. The molecule has 1 atom stereocenters. The number of nitrogens with zero attached hydrogens (tertiary/aromatic N) is 2. The molecule has 0 unspecified atom stereocenters. The van der Waals surface area contributed by atoms with Gasteiger partial charge in [-0.25, -0.2) is 4.39 Å². The summed E-state index contributed by atoms with van der Waals surface area (Å²) in [6.45, 7) is 1.59. The van der Waals surface area contributed by atoms with E-state index in [4.69, 9.17) is 5.26 Å². The van der Waals surface area contributed by atoms with Crippen LogP contribution >= 0.6 is 0 Å². The molecule has 0 aliphatic heterocycles. The first-order valence-corrected chi connectivity index (χ1v) is 6.24. The predicted molar refractivity (Wildman–Crippen MR) is 76.3 cm³/mol. The number of rotatable bonds is 3. The molecule has 0 saturated heterocycles. The van der Waals surface area contributed by atoms with Crippen molar-refractivity contribution in [3.05, 3.63) is 59.4 Å². The fourth-order valence-corrected chi connectivity index (χ4v) is 1.98. The summed E-state index contributed by atoms with van der Waals surface area (Å²) >= 11 is 0. The van der Waals surface area contributed by atoms with Crippen molar-refractivity contribution >= 4 is 11.4 Å². The minimum absolute atomic E-state index is 0.393. The van der Waals surface area contributed by atoms with Crippen molar-refractivity contribution in [3.63, 3.8) is 0 Å². The average molecular weight is 270 g/mol. The Bertz CT molecular complexity index is 662. The Morgan fingerprint density at radius 1 is 1.25 bits per heavy atom. The number of hydrogen-bond acceptors (Lipinski definition) is 3. The first-order valence-electron chi connectivity index (χ1n) is 6.24. The van der Waals surface area contributed by atoms with Gasteiger partial charge in [-0.05, 0) is 42.8 Å². The first kappa shape index (κ1) is 14.0. The molecule has 2 rings (SSSR count). The highest BCUT2D eigenvalue weighted by Crippen LogP contribution is 2.28. The van der Waals surface area contributed by atoms with E-state index in [1.54, 1.807) is 49.2 Å². The number of aliphatic hydroxyl groups excluding tert-OH is 1. The van der Waals surface area contributed by atoms with Gasteiger partial charge in [0.05, 0.1) is 23.4 Å². The second kappa shape index (κ2) is 5.72. The number of aliphatic hydroxyl groups is 1. The zero-order chi connectivity index (χ0) is 14.7. The lowest BCUT2D eigenvalue weighted by molar-refractivity contribution is 0.199. The van der Waals surface area contributed by atoms with Crippen LogP contribution in [0.1, 0.15) is 24.2 Å². The monoisotopic (exact) mass is 270 g/mol. The standard InChI is InChI=1S/C16H15FN2O/c1-11(20)13-6-7-16(15(17)9-13)19(2)14-5-3-4-12(8-14)10-18/h3-9,11,20H,1-2H3/t11-/m1/s1. The number of halogens is 1. The fourth-order valence-electron chi connectivity index (χ4n) is 1.98. The topological polar surface area (TPSA) is 47.3 Å². The maximum atomic E-state index is 14.1. The van der Waals surface area contributed by atoms with Crippen molar-refractivity contribution in [3.8, 4) is 6.07 Å². The second-order valence-corrected chi connectivity index (χ2v) is 4.61. The molecule has 3 nitrogen and oxygen atoms in total. The summed E-state index contributed by atoms with van der Waals surface area (Å²) in [5, 5.41) is 18.3. The molecule has 0 aromatic heterocycles. The van der Waals surface area contributed by atoms with E-state index in [0.717, 1.165) is 5.69 Å². The van der Waals surface area contributed by atoms with Gasteiger partial charge in [-0.2, -0.15) is 5.26 Å². The minimum Gasteiger partial charge on any atom is -0.389 e. The van der Waals surface area contributed by atoms with Crippen LogP contribution in [0.25, 0.3) is 0 Å². The predicted octanol–water partition coefficient (Wildman–Crippen LogP) is 3.52. The lowest BCUT2D eigenvalue weighted by Gasteiger charge is -2.21. The normalized spacial score (nSPS) is 11.8. The van der Waals surface area contributed by atoms with Gasteiger partial charge < -0.3 is 10.0 Å². The van der Waals surface area contributed by atoms with Crippen LogP contribution in [0.2, 0.25) is 0 Å². The molecule has 0 saturated carbocycles. The molecule has 0 aliphatic carbocycles. The van der Waals surface area contributed by atoms with Crippen LogP contribution in [0, 0.1) is 17.1 Å². The molecule has 0 aliphatic rings. The Kier molecular flexibility index (Phi) is 4.02. The molecule has 0 bridgehead atoms. The van der Waals surface area contributed by atoms with Crippen molar-refractivity contribution < 1.29 is 9.50 Å². The van der Waals surface area contributed by atoms with Crippen LogP contribution in [-0.4, -0.2) is 12.2 Å². The summed E-state index contributed by atoms with van der Waals surface area (Å²) in [7, 11) is 1.73. The Labute approximate surface area is 117 Å². The van der Waals surface area contributed by atoms with Crippen LogP contribution < -0.4 is 4.90 Å². The molecule has 2 aromatic carbocycles. The highest BCUT2D eigenvalue weighted by molar-refractivity contribution is 5.64. The lowest BCUT2D eigenvalue weighted by atomic mass is 10.1. The largest absolute Gasteiger partial charge is 0.389 e. The zero-order valence-corrected chi connectivity index (χ0v) is 11.3. The summed E-state index contributed by atoms with van der Waals surface area (Å²) < 4.78 is 14.1. The molecule has 20 heavy (non-hydrogen) atoms. The van der Waals surface area contributed by atoms with Crippen molar-refractivity contribution in [2.75, 3.05) is 11.9 Å². The van der Waals surface area contributed by atoms with Crippen molar-refractivity contribution in [1.82, 2.24) is 0 Å². The van der Waals surface area contributed by atoms with Gasteiger partial charge in [0.1, 0.15) is 5.82 Å². The second-order valence-electron chi connectivity index (χ2n) is 4.61. The van der Waals surface area contributed by atoms with Gasteiger partial charge in [0.2, 0.25) is 0 Å².